The van der Waals surface area contributed by atoms with E-state index in [1.54, 1.807) is 18.3 Å². The van der Waals surface area contributed by atoms with E-state index in [0.717, 1.165) is 0 Å². The quantitative estimate of drug-likeness (QED) is 0.545. The minimum absolute atomic E-state index is 0.127. The maximum absolute atomic E-state index is 11.2. The first kappa shape index (κ1) is 9.54. The summed E-state index contributed by atoms with van der Waals surface area (Å²) < 4.78 is 6.50. The van der Waals surface area contributed by atoms with Crippen molar-refractivity contribution in [3.05, 3.63) is 41.3 Å². The minimum Gasteiger partial charge on any atom is -0.398 e. The van der Waals surface area contributed by atoms with Crippen LogP contribution in [0.2, 0.25) is 0 Å². The average molecular weight is 180 g/mol. The Morgan fingerprint density at radius 3 is 3.08 bits per heavy atom. The fourth-order valence-electron chi connectivity index (χ4n) is 0.885. The molecule has 0 bridgehead atoms. The molecule has 4 heteroatoms. The van der Waals surface area contributed by atoms with Crippen molar-refractivity contribution < 1.29 is 4.74 Å². The van der Waals surface area contributed by atoms with Crippen molar-refractivity contribution in [2.45, 2.75) is 6.73 Å². The van der Waals surface area contributed by atoms with Gasteiger partial charge in [0.25, 0.3) is 5.56 Å². The Morgan fingerprint density at radius 1 is 1.62 bits per heavy atom. The molecule has 0 saturated carbocycles. The molecule has 0 saturated heterocycles. The average Bonchev–Trinajstić information content (AvgIpc) is 2.11. The van der Waals surface area contributed by atoms with E-state index in [-0.39, 0.29) is 12.3 Å². The Bertz CT molecular complexity index is 344. The van der Waals surface area contributed by atoms with Gasteiger partial charge in [-0.05, 0) is 6.07 Å². The van der Waals surface area contributed by atoms with E-state index in [9.17, 15) is 4.79 Å². The molecule has 1 rings (SSSR count). The Labute approximate surface area is 76.2 Å². The number of ether oxygens (including phenoxy) is 1. The molecule has 0 aliphatic carbocycles. The normalized spacial score (nSPS) is 9.85. The molecular formula is C9H12N2O2. The molecule has 0 unspecified atom stereocenters. The summed E-state index contributed by atoms with van der Waals surface area (Å²) in [6, 6.07) is 2.97. The highest BCUT2D eigenvalue weighted by atomic mass is 16.5. The van der Waals surface area contributed by atoms with Crippen LogP contribution >= 0.6 is 0 Å². The van der Waals surface area contributed by atoms with Crippen molar-refractivity contribution in [1.29, 1.82) is 0 Å². The zero-order valence-corrected chi connectivity index (χ0v) is 7.27. The van der Waals surface area contributed by atoms with Gasteiger partial charge < -0.3 is 10.5 Å². The zero-order chi connectivity index (χ0) is 9.68. The molecule has 1 heterocycles. The number of anilines is 1. The van der Waals surface area contributed by atoms with Gasteiger partial charge in [-0.15, -0.1) is 6.58 Å². The molecule has 0 fully saturated rings. The van der Waals surface area contributed by atoms with Crippen molar-refractivity contribution in [3.63, 3.8) is 0 Å². The summed E-state index contributed by atoms with van der Waals surface area (Å²) in [6.07, 6.45) is 3.17. The lowest BCUT2D eigenvalue weighted by atomic mass is 10.4. The fourth-order valence-corrected chi connectivity index (χ4v) is 0.885. The molecule has 1 aromatic rings. The highest BCUT2D eigenvalue weighted by Crippen LogP contribution is 1.95. The molecule has 0 aliphatic rings. The van der Waals surface area contributed by atoms with E-state index in [1.807, 2.05) is 0 Å². The van der Waals surface area contributed by atoms with Crippen molar-refractivity contribution in [2.75, 3.05) is 12.3 Å². The van der Waals surface area contributed by atoms with Crippen LogP contribution in [0.1, 0.15) is 0 Å². The van der Waals surface area contributed by atoms with E-state index in [2.05, 4.69) is 6.58 Å². The third kappa shape index (κ3) is 2.76. The molecule has 0 aliphatic heterocycles. The summed E-state index contributed by atoms with van der Waals surface area (Å²) in [5, 5.41) is 0. The van der Waals surface area contributed by atoms with Crippen LogP contribution in [0.3, 0.4) is 0 Å². The summed E-state index contributed by atoms with van der Waals surface area (Å²) >= 11 is 0. The van der Waals surface area contributed by atoms with Crippen LogP contribution < -0.4 is 11.3 Å². The number of rotatable bonds is 4. The second kappa shape index (κ2) is 4.47. The van der Waals surface area contributed by atoms with Gasteiger partial charge in [0.1, 0.15) is 6.73 Å². The first-order chi connectivity index (χ1) is 6.24. The van der Waals surface area contributed by atoms with Crippen molar-refractivity contribution in [1.82, 2.24) is 4.57 Å². The number of nitrogens with two attached hydrogens (primary N) is 1. The largest absolute Gasteiger partial charge is 0.398 e. The van der Waals surface area contributed by atoms with Gasteiger partial charge in [-0.25, -0.2) is 0 Å². The highest BCUT2D eigenvalue weighted by molar-refractivity contribution is 5.33. The fraction of sp³-hybridized carbons (Fsp3) is 0.222. The van der Waals surface area contributed by atoms with Crippen LogP contribution in [0.5, 0.6) is 0 Å². The molecule has 0 radical (unpaired) electrons. The van der Waals surface area contributed by atoms with E-state index in [4.69, 9.17) is 10.5 Å². The van der Waals surface area contributed by atoms with Crippen molar-refractivity contribution in [3.8, 4) is 0 Å². The van der Waals surface area contributed by atoms with E-state index in [1.165, 1.54) is 10.6 Å². The number of aromatic nitrogens is 1. The smallest absolute Gasteiger partial charge is 0.252 e. The van der Waals surface area contributed by atoms with Crippen LogP contribution in [0.25, 0.3) is 0 Å². The number of hydrogen-bond acceptors (Lipinski definition) is 3. The summed E-state index contributed by atoms with van der Waals surface area (Å²) in [4.78, 5) is 11.2. The monoisotopic (exact) mass is 180 g/mol. The molecular weight excluding hydrogens is 168 g/mol. The van der Waals surface area contributed by atoms with Crippen LogP contribution in [-0.4, -0.2) is 11.2 Å². The third-order valence-corrected chi connectivity index (χ3v) is 1.47. The van der Waals surface area contributed by atoms with Gasteiger partial charge in [0.05, 0.1) is 6.61 Å². The van der Waals surface area contributed by atoms with E-state index in [0.29, 0.717) is 12.3 Å². The predicted octanol–water partition coefficient (Wildman–Crippen LogP) is 0.591. The molecule has 2 N–H and O–H groups in total. The van der Waals surface area contributed by atoms with Crippen LogP contribution in [0.15, 0.2) is 35.8 Å². The second-order valence-corrected chi connectivity index (χ2v) is 2.56. The molecule has 0 atom stereocenters. The van der Waals surface area contributed by atoms with Gasteiger partial charge in [0, 0.05) is 18.0 Å². The van der Waals surface area contributed by atoms with Crippen LogP contribution in [0.4, 0.5) is 5.69 Å². The van der Waals surface area contributed by atoms with Gasteiger partial charge in [0.15, 0.2) is 0 Å². The molecule has 70 valence electrons. The summed E-state index contributed by atoms with van der Waals surface area (Å²) in [5.74, 6) is 0. The second-order valence-electron chi connectivity index (χ2n) is 2.56. The molecule has 13 heavy (non-hydrogen) atoms. The van der Waals surface area contributed by atoms with Gasteiger partial charge in [-0.2, -0.15) is 0 Å². The van der Waals surface area contributed by atoms with Gasteiger partial charge in [-0.1, -0.05) is 6.08 Å². The number of nitrogen functional groups attached to an aromatic ring is 1. The van der Waals surface area contributed by atoms with Gasteiger partial charge in [-0.3, -0.25) is 9.36 Å². The first-order valence-electron chi connectivity index (χ1n) is 3.88. The molecule has 0 amide bonds. The Hall–Kier alpha value is -1.55. The number of nitrogens with zero attached hydrogens (tertiary/aromatic N) is 1. The zero-order valence-electron chi connectivity index (χ0n) is 7.27. The summed E-state index contributed by atoms with van der Waals surface area (Å²) in [7, 11) is 0. The lowest BCUT2D eigenvalue weighted by Crippen LogP contribution is -2.20. The molecule has 0 aromatic carbocycles. The number of hydrogen-bond donors (Lipinski definition) is 1. The number of pyridine rings is 1. The van der Waals surface area contributed by atoms with E-state index < -0.39 is 0 Å². The Balaban J connectivity index is 2.70. The standard InChI is InChI=1S/C9H12N2O2/c1-2-5-13-7-11-6-8(10)3-4-9(11)12/h2-4,6H,1,5,7,10H2. The summed E-state index contributed by atoms with van der Waals surface area (Å²) in [6.45, 7) is 4.12. The summed E-state index contributed by atoms with van der Waals surface area (Å²) in [5.41, 5.74) is 5.91. The molecule has 4 nitrogen and oxygen atoms in total. The third-order valence-electron chi connectivity index (χ3n) is 1.47. The van der Waals surface area contributed by atoms with Crippen molar-refractivity contribution >= 4 is 5.69 Å². The Morgan fingerprint density at radius 2 is 2.38 bits per heavy atom. The van der Waals surface area contributed by atoms with E-state index >= 15 is 0 Å². The molecule has 1 aromatic heterocycles. The van der Waals surface area contributed by atoms with Crippen LogP contribution in [-0.2, 0) is 11.5 Å². The highest BCUT2D eigenvalue weighted by Gasteiger charge is 1.94. The SMILES string of the molecule is C=CCOCn1cc(N)ccc1=O. The van der Waals surface area contributed by atoms with Gasteiger partial charge in [0.2, 0.25) is 0 Å². The van der Waals surface area contributed by atoms with Crippen LogP contribution in [0, 0.1) is 0 Å². The van der Waals surface area contributed by atoms with Gasteiger partial charge >= 0.3 is 0 Å². The lowest BCUT2D eigenvalue weighted by molar-refractivity contribution is 0.0978. The minimum atomic E-state index is -0.127. The lowest BCUT2D eigenvalue weighted by Gasteiger charge is -2.05. The maximum Gasteiger partial charge on any atom is 0.252 e. The van der Waals surface area contributed by atoms with Crippen molar-refractivity contribution in [2.24, 2.45) is 0 Å². The maximum atomic E-state index is 11.2. The molecule has 0 spiro atoms. The topological polar surface area (TPSA) is 57.2 Å². The predicted molar refractivity (Wildman–Crippen MR) is 51.3 cm³/mol. The Kier molecular flexibility index (Phi) is 3.28. The first-order valence-corrected chi connectivity index (χ1v) is 3.88.